The number of hydrogen-bond donors (Lipinski definition) is 6. The molecule has 0 aliphatic heterocycles. The SMILES string of the molecule is COCCN(CCCN)CCCNC(=O)N(N)CCCCNC(=N)N. The molecule has 0 aromatic carbocycles. The molecule has 0 spiro atoms. The molecule has 0 saturated heterocycles. The van der Waals surface area contributed by atoms with Gasteiger partial charge in [0.05, 0.1) is 6.61 Å². The highest BCUT2D eigenvalue weighted by atomic mass is 16.5. The minimum absolute atomic E-state index is 0.0478. The predicted octanol–water partition coefficient (Wildman–Crippen LogP) is -1.18. The van der Waals surface area contributed by atoms with E-state index in [1.807, 2.05) is 0 Å². The van der Waals surface area contributed by atoms with Crippen molar-refractivity contribution in [3.8, 4) is 0 Å². The number of rotatable bonds is 15. The average molecular weight is 361 g/mol. The molecule has 0 aromatic heterocycles. The fraction of sp³-hybridized carbons (Fsp3) is 0.867. The number of carbonyl (C=O) groups is 1. The lowest BCUT2D eigenvalue weighted by atomic mass is 10.3. The van der Waals surface area contributed by atoms with Crippen LogP contribution in [0.3, 0.4) is 0 Å². The van der Waals surface area contributed by atoms with Gasteiger partial charge in [-0.25, -0.2) is 10.6 Å². The van der Waals surface area contributed by atoms with Gasteiger partial charge in [-0.15, -0.1) is 0 Å². The molecule has 0 atom stereocenters. The Labute approximate surface area is 150 Å². The standard InChI is InChI=1S/C15H36N8O2/c1-25-13-12-22(9-4-6-16)10-5-8-21-15(24)23(19)11-3-2-7-20-14(17)18/h2-13,16,19H2,1H3,(H,21,24)(H4,17,18,20). The Bertz CT molecular complexity index is 348. The van der Waals surface area contributed by atoms with Crippen LogP contribution in [0.15, 0.2) is 0 Å². The number of unbranched alkanes of at least 4 members (excludes halogenated alkanes) is 1. The lowest BCUT2D eigenvalue weighted by molar-refractivity contribution is 0.146. The lowest BCUT2D eigenvalue weighted by Gasteiger charge is -2.22. The quantitative estimate of drug-likeness (QED) is 0.0535. The van der Waals surface area contributed by atoms with Crippen molar-refractivity contribution in [2.75, 3.05) is 59.5 Å². The summed E-state index contributed by atoms with van der Waals surface area (Å²) in [5.41, 5.74) is 10.7. The van der Waals surface area contributed by atoms with Crippen LogP contribution in [0.1, 0.15) is 25.7 Å². The summed E-state index contributed by atoms with van der Waals surface area (Å²) in [7, 11) is 1.69. The van der Waals surface area contributed by atoms with Gasteiger partial charge in [0.1, 0.15) is 0 Å². The Morgan fingerprint density at radius 2 is 1.72 bits per heavy atom. The van der Waals surface area contributed by atoms with Crippen LogP contribution in [0.25, 0.3) is 0 Å². The van der Waals surface area contributed by atoms with Crippen molar-refractivity contribution >= 4 is 12.0 Å². The zero-order valence-corrected chi connectivity index (χ0v) is 15.4. The summed E-state index contributed by atoms with van der Waals surface area (Å²) in [6.45, 7) is 5.67. The van der Waals surface area contributed by atoms with E-state index in [2.05, 4.69) is 15.5 Å². The van der Waals surface area contributed by atoms with Crippen LogP contribution >= 0.6 is 0 Å². The topological polar surface area (TPSA) is 159 Å². The number of urea groups is 1. The maximum atomic E-state index is 11.9. The van der Waals surface area contributed by atoms with Gasteiger partial charge in [-0.1, -0.05) is 0 Å². The highest BCUT2D eigenvalue weighted by molar-refractivity contribution is 5.74. The van der Waals surface area contributed by atoms with E-state index in [4.69, 9.17) is 27.5 Å². The normalized spacial score (nSPS) is 10.7. The molecule has 2 amide bonds. The molecule has 0 unspecified atom stereocenters. The van der Waals surface area contributed by atoms with Crippen LogP contribution in [0.5, 0.6) is 0 Å². The molecular formula is C15H36N8O2. The second kappa shape index (κ2) is 15.9. The second-order valence-corrected chi connectivity index (χ2v) is 5.80. The summed E-state index contributed by atoms with van der Waals surface area (Å²) in [5.74, 6) is 5.68. The zero-order chi connectivity index (χ0) is 18.9. The van der Waals surface area contributed by atoms with Crippen LogP contribution in [0.4, 0.5) is 4.79 Å². The molecule has 0 heterocycles. The monoisotopic (exact) mass is 360 g/mol. The van der Waals surface area contributed by atoms with E-state index in [1.165, 1.54) is 5.01 Å². The molecule has 0 saturated carbocycles. The number of nitrogens with one attached hydrogen (secondary N) is 3. The first kappa shape index (κ1) is 23.4. The van der Waals surface area contributed by atoms with Gasteiger partial charge < -0.3 is 31.7 Å². The highest BCUT2D eigenvalue weighted by Crippen LogP contribution is 1.95. The summed E-state index contributed by atoms with van der Waals surface area (Å²) >= 11 is 0. The van der Waals surface area contributed by atoms with Gasteiger partial charge in [0.2, 0.25) is 0 Å². The largest absolute Gasteiger partial charge is 0.383 e. The number of methoxy groups -OCH3 is 1. The minimum Gasteiger partial charge on any atom is -0.383 e. The van der Waals surface area contributed by atoms with Crippen molar-refractivity contribution in [3.63, 3.8) is 0 Å². The minimum atomic E-state index is -0.273. The Kier molecular flexibility index (Phi) is 14.9. The molecular weight excluding hydrogens is 324 g/mol. The molecule has 0 radical (unpaired) electrons. The highest BCUT2D eigenvalue weighted by Gasteiger charge is 2.09. The van der Waals surface area contributed by atoms with Crippen LogP contribution in [-0.2, 0) is 4.74 Å². The van der Waals surface area contributed by atoms with Gasteiger partial charge in [-0.2, -0.15) is 0 Å². The van der Waals surface area contributed by atoms with Crippen molar-refractivity contribution < 1.29 is 9.53 Å². The molecule has 0 aliphatic rings. The fourth-order valence-electron chi connectivity index (χ4n) is 2.20. The van der Waals surface area contributed by atoms with Gasteiger partial charge in [-0.3, -0.25) is 10.4 Å². The molecule has 148 valence electrons. The van der Waals surface area contributed by atoms with E-state index < -0.39 is 0 Å². The van der Waals surface area contributed by atoms with Crippen LogP contribution in [0, 0.1) is 5.41 Å². The number of amides is 2. The van der Waals surface area contributed by atoms with E-state index in [1.54, 1.807) is 7.11 Å². The van der Waals surface area contributed by atoms with E-state index in [0.29, 0.717) is 32.8 Å². The third kappa shape index (κ3) is 14.4. The predicted molar refractivity (Wildman–Crippen MR) is 100 cm³/mol. The molecule has 0 aromatic rings. The summed E-state index contributed by atoms with van der Waals surface area (Å²) in [5, 5.41) is 13.7. The second-order valence-electron chi connectivity index (χ2n) is 5.80. The number of ether oxygens (including phenoxy) is 1. The number of nitrogens with two attached hydrogens (primary N) is 3. The van der Waals surface area contributed by atoms with Crippen molar-refractivity contribution in [2.24, 2.45) is 17.3 Å². The van der Waals surface area contributed by atoms with Gasteiger partial charge >= 0.3 is 6.03 Å². The molecule has 25 heavy (non-hydrogen) atoms. The van der Waals surface area contributed by atoms with E-state index in [0.717, 1.165) is 45.3 Å². The fourth-order valence-corrected chi connectivity index (χ4v) is 2.20. The number of nitrogens with zero attached hydrogens (tertiary/aromatic N) is 2. The lowest BCUT2D eigenvalue weighted by Crippen LogP contribution is -2.46. The third-order valence-electron chi connectivity index (χ3n) is 3.62. The van der Waals surface area contributed by atoms with Gasteiger partial charge in [0.25, 0.3) is 0 Å². The smallest absolute Gasteiger partial charge is 0.331 e. The number of carbonyl (C=O) groups excluding carboxylic acids is 1. The third-order valence-corrected chi connectivity index (χ3v) is 3.62. The molecule has 0 rings (SSSR count). The van der Waals surface area contributed by atoms with E-state index >= 15 is 0 Å². The van der Waals surface area contributed by atoms with Crippen LogP contribution in [0.2, 0.25) is 0 Å². The summed E-state index contributed by atoms with van der Waals surface area (Å²) in [6.07, 6.45) is 3.33. The van der Waals surface area contributed by atoms with Crippen LogP contribution in [-0.4, -0.2) is 81.4 Å². The molecule has 0 fully saturated rings. The number of hydrogen-bond acceptors (Lipinski definition) is 6. The molecule has 0 bridgehead atoms. The Morgan fingerprint density at radius 1 is 1.04 bits per heavy atom. The molecule has 10 heteroatoms. The Balaban J connectivity index is 3.78. The molecule has 0 aliphatic carbocycles. The van der Waals surface area contributed by atoms with E-state index in [-0.39, 0.29) is 12.0 Å². The first-order valence-electron chi connectivity index (χ1n) is 8.80. The van der Waals surface area contributed by atoms with Crippen molar-refractivity contribution in [1.29, 1.82) is 5.41 Å². The maximum Gasteiger partial charge on any atom is 0.331 e. The summed E-state index contributed by atoms with van der Waals surface area (Å²) in [6, 6.07) is -0.273. The average Bonchev–Trinajstić information content (AvgIpc) is 2.59. The Morgan fingerprint density at radius 3 is 2.36 bits per heavy atom. The van der Waals surface area contributed by atoms with Gasteiger partial charge in [0.15, 0.2) is 5.96 Å². The van der Waals surface area contributed by atoms with Gasteiger partial charge in [0, 0.05) is 33.3 Å². The van der Waals surface area contributed by atoms with E-state index in [9.17, 15) is 4.79 Å². The number of guanidine groups is 1. The van der Waals surface area contributed by atoms with Crippen LogP contribution < -0.4 is 27.9 Å². The molecule has 9 N–H and O–H groups in total. The first-order chi connectivity index (χ1) is 12.0. The van der Waals surface area contributed by atoms with Gasteiger partial charge in [-0.05, 0) is 45.3 Å². The molecule has 10 nitrogen and oxygen atoms in total. The van der Waals surface area contributed by atoms with Crippen molar-refractivity contribution in [1.82, 2.24) is 20.5 Å². The Hall–Kier alpha value is -1.62. The summed E-state index contributed by atoms with van der Waals surface area (Å²) in [4.78, 5) is 14.2. The first-order valence-corrected chi connectivity index (χ1v) is 8.80. The zero-order valence-electron chi connectivity index (χ0n) is 15.4. The van der Waals surface area contributed by atoms with Crippen molar-refractivity contribution in [2.45, 2.75) is 25.7 Å². The number of hydrazine groups is 1. The van der Waals surface area contributed by atoms with Crippen molar-refractivity contribution in [3.05, 3.63) is 0 Å². The maximum absolute atomic E-state index is 11.9. The summed E-state index contributed by atoms with van der Waals surface area (Å²) < 4.78 is 5.11.